The maximum Gasteiger partial charge on any atom is 0.0890 e. The molecule has 100 valence electrons. The fourth-order valence-electron chi connectivity index (χ4n) is 2.30. The third-order valence-electron chi connectivity index (χ3n) is 3.42. The van der Waals surface area contributed by atoms with Gasteiger partial charge in [0.1, 0.15) is 0 Å². The summed E-state index contributed by atoms with van der Waals surface area (Å²) in [6, 6.07) is 8.06. The van der Waals surface area contributed by atoms with Gasteiger partial charge in [-0.2, -0.15) is 0 Å². The van der Waals surface area contributed by atoms with Gasteiger partial charge in [-0.25, -0.2) is 9.97 Å². The molecule has 19 heavy (non-hydrogen) atoms. The summed E-state index contributed by atoms with van der Waals surface area (Å²) in [7, 11) is 0. The van der Waals surface area contributed by atoms with Crippen LogP contribution in [0.3, 0.4) is 0 Å². The van der Waals surface area contributed by atoms with Crippen molar-refractivity contribution in [3.8, 4) is 0 Å². The summed E-state index contributed by atoms with van der Waals surface area (Å²) in [6.45, 7) is 3.85. The largest absolute Gasteiger partial charge is 0.380 e. The van der Waals surface area contributed by atoms with Crippen LogP contribution < -0.4 is 0 Å². The van der Waals surface area contributed by atoms with Crippen molar-refractivity contribution in [2.45, 2.75) is 30.8 Å². The number of aromatic nitrogens is 2. The maximum atomic E-state index is 5.51. The standard InChI is InChI=1S/C15H18N2OS/c1-11-15(10-19-12-5-4-8-18-9-12)17-14-7-3-2-6-13(14)16-11/h2-3,6-7,12H,4-5,8-10H2,1H3. The van der Waals surface area contributed by atoms with Crippen molar-refractivity contribution in [3.05, 3.63) is 35.7 Å². The number of nitrogens with zero attached hydrogens (tertiary/aromatic N) is 2. The summed E-state index contributed by atoms with van der Waals surface area (Å²) in [5.41, 5.74) is 4.12. The highest BCUT2D eigenvalue weighted by Gasteiger charge is 2.15. The number of hydrogen-bond donors (Lipinski definition) is 0. The molecule has 0 amide bonds. The molecule has 4 heteroatoms. The molecule has 3 rings (SSSR count). The lowest BCUT2D eigenvalue weighted by molar-refractivity contribution is 0.101. The second-order valence-corrected chi connectivity index (χ2v) is 6.18. The van der Waals surface area contributed by atoms with Crippen molar-refractivity contribution < 1.29 is 4.74 Å². The van der Waals surface area contributed by atoms with Crippen LogP contribution in [0.5, 0.6) is 0 Å². The Morgan fingerprint density at radius 1 is 1.26 bits per heavy atom. The van der Waals surface area contributed by atoms with Crippen LogP contribution in [0.1, 0.15) is 24.2 Å². The molecule has 1 atom stereocenters. The van der Waals surface area contributed by atoms with E-state index in [1.807, 2.05) is 43.0 Å². The molecular weight excluding hydrogens is 256 g/mol. The van der Waals surface area contributed by atoms with Crippen molar-refractivity contribution in [2.24, 2.45) is 0 Å². The average molecular weight is 274 g/mol. The van der Waals surface area contributed by atoms with E-state index in [1.165, 1.54) is 12.8 Å². The highest BCUT2D eigenvalue weighted by molar-refractivity contribution is 7.99. The molecule has 0 N–H and O–H groups in total. The van der Waals surface area contributed by atoms with Crippen LogP contribution in [0.2, 0.25) is 0 Å². The Balaban J connectivity index is 1.74. The van der Waals surface area contributed by atoms with E-state index in [9.17, 15) is 0 Å². The van der Waals surface area contributed by atoms with E-state index in [-0.39, 0.29) is 0 Å². The van der Waals surface area contributed by atoms with Crippen molar-refractivity contribution in [1.82, 2.24) is 9.97 Å². The minimum atomic E-state index is 0.612. The predicted octanol–water partition coefficient (Wildman–Crippen LogP) is 3.35. The SMILES string of the molecule is Cc1nc2ccccc2nc1CSC1CCCOC1. The number of thioether (sulfide) groups is 1. The number of rotatable bonds is 3. The van der Waals surface area contributed by atoms with Crippen LogP contribution in [0.4, 0.5) is 0 Å². The van der Waals surface area contributed by atoms with E-state index in [0.717, 1.165) is 41.4 Å². The Labute approximate surface area is 117 Å². The first-order chi connectivity index (χ1) is 9.33. The molecular formula is C15H18N2OS. The van der Waals surface area contributed by atoms with E-state index in [2.05, 4.69) is 4.98 Å². The van der Waals surface area contributed by atoms with E-state index < -0.39 is 0 Å². The summed E-state index contributed by atoms with van der Waals surface area (Å²) in [5.74, 6) is 0.928. The van der Waals surface area contributed by atoms with Crippen LogP contribution in [-0.4, -0.2) is 28.4 Å². The van der Waals surface area contributed by atoms with Crippen LogP contribution in [0.25, 0.3) is 11.0 Å². The van der Waals surface area contributed by atoms with Gasteiger partial charge in [0, 0.05) is 17.6 Å². The summed E-state index contributed by atoms with van der Waals surface area (Å²) in [5, 5.41) is 0.612. The molecule has 2 aromatic rings. The van der Waals surface area contributed by atoms with E-state index in [0.29, 0.717) is 5.25 Å². The topological polar surface area (TPSA) is 35.0 Å². The lowest BCUT2D eigenvalue weighted by atomic mass is 10.2. The van der Waals surface area contributed by atoms with Crippen molar-refractivity contribution in [3.63, 3.8) is 0 Å². The molecule has 1 aliphatic rings. The summed E-state index contributed by atoms with van der Waals surface area (Å²) in [6.07, 6.45) is 2.44. The van der Waals surface area contributed by atoms with E-state index >= 15 is 0 Å². The summed E-state index contributed by atoms with van der Waals surface area (Å²) in [4.78, 5) is 9.37. The normalized spacial score (nSPS) is 19.7. The zero-order chi connectivity index (χ0) is 13.1. The fourth-order valence-corrected chi connectivity index (χ4v) is 3.49. The number of para-hydroxylation sites is 2. The Kier molecular flexibility index (Phi) is 3.99. The van der Waals surface area contributed by atoms with Gasteiger partial charge in [0.25, 0.3) is 0 Å². The molecule has 1 aromatic carbocycles. The minimum Gasteiger partial charge on any atom is -0.380 e. The van der Waals surface area contributed by atoms with Gasteiger partial charge in [-0.3, -0.25) is 0 Å². The van der Waals surface area contributed by atoms with Gasteiger partial charge in [0.15, 0.2) is 0 Å². The van der Waals surface area contributed by atoms with Crippen LogP contribution >= 0.6 is 11.8 Å². The molecule has 0 radical (unpaired) electrons. The molecule has 0 aliphatic carbocycles. The first kappa shape index (κ1) is 12.9. The summed E-state index contributed by atoms with van der Waals surface area (Å²) < 4.78 is 5.51. The first-order valence-corrected chi connectivity index (χ1v) is 7.79. The van der Waals surface area contributed by atoms with Gasteiger partial charge in [0.05, 0.1) is 29.0 Å². The Hall–Kier alpha value is -1.13. The number of fused-ring (bicyclic) bond motifs is 1. The first-order valence-electron chi connectivity index (χ1n) is 6.74. The Morgan fingerprint density at radius 3 is 2.79 bits per heavy atom. The van der Waals surface area contributed by atoms with Gasteiger partial charge in [0.2, 0.25) is 0 Å². The highest BCUT2D eigenvalue weighted by Crippen LogP contribution is 2.25. The number of benzene rings is 1. The van der Waals surface area contributed by atoms with Gasteiger partial charge < -0.3 is 4.74 Å². The third kappa shape index (κ3) is 3.07. The molecule has 0 saturated carbocycles. The quantitative estimate of drug-likeness (QED) is 0.859. The van der Waals surface area contributed by atoms with E-state index in [4.69, 9.17) is 9.72 Å². The summed E-state index contributed by atoms with van der Waals surface area (Å²) >= 11 is 1.95. The molecule has 1 fully saturated rings. The number of aryl methyl sites for hydroxylation is 1. The number of ether oxygens (including phenoxy) is 1. The lowest BCUT2D eigenvalue weighted by Gasteiger charge is -2.21. The van der Waals surface area contributed by atoms with Gasteiger partial charge >= 0.3 is 0 Å². The Bertz CT molecular complexity index is 567. The van der Waals surface area contributed by atoms with Crippen LogP contribution in [0, 0.1) is 6.92 Å². The lowest BCUT2D eigenvalue weighted by Crippen LogP contribution is -2.19. The van der Waals surface area contributed by atoms with Crippen molar-refractivity contribution in [1.29, 1.82) is 0 Å². The van der Waals surface area contributed by atoms with Crippen molar-refractivity contribution >= 4 is 22.8 Å². The van der Waals surface area contributed by atoms with Gasteiger partial charge in [-0.05, 0) is 31.9 Å². The fraction of sp³-hybridized carbons (Fsp3) is 0.467. The molecule has 2 heterocycles. The molecule has 0 spiro atoms. The minimum absolute atomic E-state index is 0.612. The predicted molar refractivity (Wildman–Crippen MR) is 79.4 cm³/mol. The Morgan fingerprint density at radius 2 is 2.05 bits per heavy atom. The zero-order valence-electron chi connectivity index (χ0n) is 11.1. The maximum absolute atomic E-state index is 5.51. The zero-order valence-corrected chi connectivity index (χ0v) is 11.9. The van der Waals surface area contributed by atoms with Gasteiger partial charge in [-0.1, -0.05) is 12.1 Å². The van der Waals surface area contributed by atoms with Crippen LogP contribution in [-0.2, 0) is 10.5 Å². The molecule has 1 aliphatic heterocycles. The molecule has 0 bridgehead atoms. The van der Waals surface area contributed by atoms with Gasteiger partial charge in [-0.15, -0.1) is 11.8 Å². The smallest absolute Gasteiger partial charge is 0.0890 e. The molecule has 1 saturated heterocycles. The molecule has 3 nitrogen and oxygen atoms in total. The second-order valence-electron chi connectivity index (χ2n) is 4.89. The van der Waals surface area contributed by atoms with Crippen molar-refractivity contribution in [2.75, 3.05) is 13.2 Å². The van der Waals surface area contributed by atoms with E-state index in [1.54, 1.807) is 0 Å². The third-order valence-corrected chi connectivity index (χ3v) is 4.70. The monoisotopic (exact) mass is 274 g/mol. The highest BCUT2D eigenvalue weighted by atomic mass is 32.2. The molecule has 1 unspecified atom stereocenters. The van der Waals surface area contributed by atoms with Crippen LogP contribution in [0.15, 0.2) is 24.3 Å². The second kappa shape index (κ2) is 5.88. The number of hydrogen-bond acceptors (Lipinski definition) is 4. The molecule has 1 aromatic heterocycles. The average Bonchev–Trinajstić information content (AvgIpc) is 2.46.